The maximum atomic E-state index is 13.1. The minimum absolute atomic E-state index is 0. The summed E-state index contributed by atoms with van der Waals surface area (Å²) in [5.41, 5.74) is 6.34. The zero-order chi connectivity index (χ0) is 17.2. The van der Waals surface area contributed by atoms with Gasteiger partial charge in [-0.05, 0) is 31.7 Å². The molecule has 0 amide bonds. The summed E-state index contributed by atoms with van der Waals surface area (Å²) < 4.78 is 1.78. The first-order chi connectivity index (χ1) is 12.2. The van der Waals surface area contributed by atoms with Crippen molar-refractivity contribution in [3.8, 4) is 0 Å². The number of rotatable bonds is 2. The van der Waals surface area contributed by atoms with Crippen molar-refractivity contribution in [2.45, 2.75) is 63.5 Å². The van der Waals surface area contributed by atoms with E-state index in [0.717, 1.165) is 61.8 Å². The Labute approximate surface area is 161 Å². The average Bonchev–Trinajstić information content (AvgIpc) is 2.87. The van der Waals surface area contributed by atoms with Gasteiger partial charge in [0.05, 0.1) is 11.4 Å². The largest absolute Gasteiger partial charge is 0.353 e. The fourth-order valence-corrected chi connectivity index (χ4v) is 4.36. The molecule has 1 aromatic carbocycles. The molecule has 2 aromatic rings. The van der Waals surface area contributed by atoms with Crippen LogP contribution >= 0.6 is 12.4 Å². The lowest BCUT2D eigenvalue weighted by molar-refractivity contribution is 0.320. The summed E-state index contributed by atoms with van der Waals surface area (Å²) in [5, 5.41) is 6.65. The lowest BCUT2D eigenvalue weighted by atomic mass is 9.95. The quantitative estimate of drug-likeness (QED) is 0.869. The van der Waals surface area contributed by atoms with Crippen LogP contribution in [0.5, 0.6) is 0 Å². The van der Waals surface area contributed by atoms with E-state index in [2.05, 4.69) is 4.90 Å². The van der Waals surface area contributed by atoms with Gasteiger partial charge in [0.25, 0.3) is 5.56 Å². The van der Waals surface area contributed by atoms with Crippen molar-refractivity contribution < 1.29 is 0 Å². The van der Waals surface area contributed by atoms with Gasteiger partial charge in [0.1, 0.15) is 0 Å². The van der Waals surface area contributed by atoms with Crippen molar-refractivity contribution in [1.29, 1.82) is 0 Å². The van der Waals surface area contributed by atoms with Gasteiger partial charge in [0.2, 0.25) is 0 Å². The number of hydrogen-bond acceptors (Lipinski definition) is 4. The Balaban J connectivity index is 0.00000196. The van der Waals surface area contributed by atoms with E-state index in [-0.39, 0.29) is 30.0 Å². The Morgan fingerprint density at radius 1 is 0.962 bits per heavy atom. The molecule has 0 unspecified atom stereocenters. The smallest absolute Gasteiger partial charge is 0.275 e. The molecule has 4 rings (SSSR count). The van der Waals surface area contributed by atoms with Gasteiger partial charge in [-0.2, -0.15) is 5.10 Å². The predicted molar refractivity (Wildman–Crippen MR) is 109 cm³/mol. The van der Waals surface area contributed by atoms with Crippen LogP contribution in [0.3, 0.4) is 0 Å². The average molecular weight is 377 g/mol. The van der Waals surface area contributed by atoms with E-state index in [9.17, 15) is 4.79 Å². The predicted octanol–water partition coefficient (Wildman–Crippen LogP) is 3.64. The SMILES string of the molecule is Cl.N[C@@H]1CCCCN(c2nn(C3CCCCC3)c(=O)c3ccccc23)C1. The summed E-state index contributed by atoms with van der Waals surface area (Å²) in [6, 6.07) is 8.34. The van der Waals surface area contributed by atoms with Gasteiger partial charge in [-0.25, -0.2) is 4.68 Å². The maximum absolute atomic E-state index is 13.1. The molecule has 26 heavy (non-hydrogen) atoms. The van der Waals surface area contributed by atoms with E-state index in [1.807, 2.05) is 24.3 Å². The minimum atomic E-state index is 0. The highest BCUT2D eigenvalue weighted by Gasteiger charge is 2.24. The van der Waals surface area contributed by atoms with E-state index in [1.54, 1.807) is 4.68 Å². The van der Waals surface area contributed by atoms with Gasteiger partial charge < -0.3 is 10.6 Å². The third kappa shape index (κ3) is 3.74. The van der Waals surface area contributed by atoms with E-state index < -0.39 is 0 Å². The van der Waals surface area contributed by atoms with Crippen LogP contribution in [-0.4, -0.2) is 28.9 Å². The Morgan fingerprint density at radius 2 is 1.65 bits per heavy atom. The third-order valence-corrected chi connectivity index (χ3v) is 5.74. The first kappa shape index (κ1) is 19.2. The summed E-state index contributed by atoms with van der Waals surface area (Å²) in [6.07, 6.45) is 9.13. The van der Waals surface area contributed by atoms with Crippen molar-refractivity contribution in [3.05, 3.63) is 34.6 Å². The molecule has 1 atom stereocenters. The summed E-state index contributed by atoms with van der Waals surface area (Å²) in [4.78, 5) is 15.4. The number of anilines is 1. The van der Waals surface area contributed by atoms with Gasteiger partial charge in [-0.15, -0.1) is 12.4 Å². The molecule has 1 saturated carbocycles. The molecule has 0 bridgehead atoms. The highest BCUT2D eigenvalue weighted by molar-refractivity contribution is 5.91. The Hall–Kier alpha value is -1.59. The lowest BCUT2D eigenvalue weighted by Gasteiger charge is -2.28. The van der Waals surface area contributed by atoms with E-state index >= 15 is 0 Å². The second-order valence-corrected chi connectivity index (χ2v) is 7.61. The van der Waals surface area contributed by atoms with Crippen LogP contribution in [0.1, 0.15) is 57.4 Å². The van der Waals surface area contributed by atoms with Gasteiger partial charge in [0, 0.05) is 24.5 Å². The fraction of sp³-hybridized carbons (Fsp3) is 0.600. The van der Waals surface area contributed by atoms with Crippen LogP contribution in [0.25, 0.3) is 10.8 Å². The minimum Gasteiger partial charge on any atom is -0.353 e. The molecule has 0 spiro atoms. The number of fused-ring (bicyclic) bond motifs is 1. The monoisotopic (exact) mass is 376 g/mol. The van der Waals surface area contributed by atoms with Crippen LogP contribution in [0, 0.1) is 0 Å². The highest BCUT2D eigenvalue weighted by Crippen LogP contribution is 2.30. The highest BCUT2D eigenvalue weighted by atomic mass is 35.5. The van der Waals surface area contributed by atoms with Gasteiger partial charge in [-0.3, -0.25) is 4.79 Å². The fourth-order valence-electron chi connectivity index (χ4n) is 4.36. The number of benzene rings is 1. The van der Waals surface area contributed by atoms with E-state index in [0.29, 0.717) is 0 Å². The van der Waals surface area contributed by atoms with Crippen molar-refractivity contribution >= 4 is 29.0 Å². The van der Waals surface area contributed by atoms with Crippen LogP contribution in [-0.2, 0) is 0 Å². The van der Waals surface area contributed by atoms with Crippen LogP contribution in [0.4, 0.5) is 5.82 Å². The second-order valence-electron chi connectivity index (χ2n) is 7.61. The lowest BCUT2D eigenvalue weighted by Crippen LogP contribution is -2.38. The molecule has 142 valence electrons. The van der Waals surface area contributed by atoms with Gasteiger partial charge >= 0.3 is 0 Å². The molecular weight excluding hydrogens is 348 g/mol. The van der Waals surface area contributed by atoms with Crippen LogP contribution < -0.4 is 16.2 Å². The van der Waals surface area contributed by atoms with Crippen LogP contribution in [0.15, 0.2) is 29.1 Å². The topological polar surface area (TPSA) is 64.2 Å². The van der Waals surface area contributed by atoms with E-state index in [1.165, 1.54) is 19.3 Å². The normalized spacial score (nSPS) is 22.0. The summed E-state index contributed by atoms with van der Waals surface area (Å²) >= 11 is 0. The number of halogens is 1. The summed E-state index contributed by atoms with van der Waals surface area (Å²) in [5.74, 6) is 0.943. The number of nitrogens with zero attached hydrogens (tertiary/aromatic N) is 3. The molecule has 1 aromatic heterocycles. The molecular formula is C20H29ClN4O. The maximum Gasteiger partial charge on any atom is 0.275 e. The Bertz CT molecular complexity index is 800. The Morgan fingerprint density at radius 3 is 2.42 bits per heavy atom. The number of nitrogens with two attached hydrogens (primary N) is 1. The molecule has 6 heteroatoms. The first-order valence-corrected chi connectivity index (χ1v) is 9.76. The second kappa shape index (κ2) is 8.40. The van der Waals surface area contributed by atoms with Crippen molar-refractivity contribution in [1.82, 2.24) is 9.78 Å². The molecule has 2 aliphatic rings. The molecule has 5 nitrogen and oxygen atoms in total. The molecule has 2 fully saturated rings. The third-order valence-electron chi connectivity index (χ3n) is 5.74. The van der Waals surface area contributed by atoms with Crippen molar-refractivity contribution in [2.24, 2.45) is 5.73 Å². The first-order valence-electron chi connectivity index (χ1n) is 9.76. The van der Waals surface area contributed by atoms with Crippen molar-refractivity contribution in [3.63, 3.8) is 0 Å². The zero-order valence-corrected chi connectivity index (χ0v) is 16.1. The summed E-state index contributed by atoms with van der Waals surface area (Å²) in [7, 11) is 0. The van der Waals surface area contributed by atoms with Gasteiger partial charge in [0.15, 0.2) is 5.82 Å². The summed E-state index contributed by atoms with van der Waals surface area (Å²) in [6.45, 7) is 1.79. The molecule has 0 radical (unpaired) electrons. The molecule has 1 aliphatic heterocycles. The Kier molecular flexibility index (Phi) is 6.20. The number of hydrogen-bond donors (Lipinski definition) is 1. The number of aromatic nitrogens is 2. The van der Waals surface area contributed by atoms with Gasteiger partial charge in [-0.1, -0.05) is 43.9 Å². The molecule has 1 aliphatic carbocycles. The van der Waals surface area contributed by atoms with E-state index in [4.69, 9.17) is 10.8 Å². The van der Waals surface area contributed by atoms with Crippen LogP contribution in [0.2, 0.25) is 0 Å². The standard InChI is InChI=1S/C20H28N4O.ClH/c21-15-8-6-7-13-23(14-15)19-17-11-4-5-12-18(17)20(25)24(22-19)16-9-2-1-3-10-16;/h4-5,11-12,15-16H,1-3,6-10,13-14,21H2;1H/t15-;/m1./s1. The molecule has 2 N–H and O–H groups in total. The zero-order valence-electron chi connectivity index (χ0n) is 15.3. The van der Waals surface area contributed by atoms with Crippen molar-refractivity contribution in [2.75, 3.05) is 18.0 Å². The molecule has 2 heterocycles. The molecule has 1 saturated heterocycles.